The number of carbonyl (C=O) groups is 1. The van der Waals surface area contributed by atoms with Crippen LogP contribution in [0.5, 0.6) is 0 Å². The van der Waals surface area contributed by atoms with Crippen molar-refractivity contribution in [2.24, 2.45) is 0 Å². The fourth-order valence-corrected chi connectivity index (χ4v) is 4.03. The Morgan fingerprint density at radius 2 is 1.93 bits per heavy atom. The van der Waals surface area contributed by atoms with Gasteiger partial charge in [0.15, 0.2) is 11.0 Å². The minimum atomic E-state index is -0.289. The molecule has 2 heterocycles. The van der Waals surface area contributed by atoms with Gasteiger partial charge >= 0.3 is 0 Å². The molecule has 2 aromatic heterocycles. The lowest BCUT2D eigenvalue weighted by Gasteiger charge is -2.28. The summed E-state index contributed by atoms with van der Waals surface area (Å²) in [7, 11) is 0. The molecule has 0 spiro atoms. The van der Waals surface area contributed by atoms with Gasteiger partial charge in [-0.3, -0.25) is 14.3 Å². The van der Waals surface area contributed by atoms with Crippen molar-refractivity contribution in [3.63, 3.8) is 0 Å². The van der Waals surface area contributed by atoms with Crippen molar-refractivity contribution in [2.75, 3.05) is 12.3 Å². The summed E-state index contributed by atoms with van der Waals surface area (Å²) in [5.74, 6) is 0.630. The second-order valence-corrected chi connectivity index (χ2v) is 7.58. The van der Waals surface area contributed by atoms with E-state index in [0.717, 1.165) is 11.1 Å². The molecule has 6 nitrogen and oxygen atoms in total. The summed E-state index contributed by atoms with van der Waals surface area (Å²) >= 11 is 1.34. The highest BCUT2D eigenvalue weighted by Crippen LogP contribution is 2.26. The van der Waals surface area contributed by atoms with Crippen molar-refractivity contribution in [1.82, 2.24) is 24.6 Å². The number of hydrogen-bond acceptors (Lipinski definition) is 5. The van der Waals surface area contributed by atoms with Crippen molar-refractivity contribution < 1.29 is 9.18 Å². The summed E-state index contributed by atoms with van der Waals surface area (Å²) in [4.78, 5) is 18.7. The van der Waals surface area contributed by atoms with Crippen LogP contribution in [0.2, 0.25) is 0 Å². The first-order valence-electron chi connectivity index (χ1n) is 9.67. The lowest BCUT2D eigenvalue weighted by atomic mass is 10.1. The van der Waals surface area contributed by atoms with E-state index < -0.39 is 0 Å². The summed E-state index contributed by atoms with van der Waals surface area (Å²) in [6.07, 6.45) is 5.18. The molecule has 3 rings (SSSR count). The smallest absolute Gasteiger partial charge is 0.233 e. The molecule has 1 unspecified atom stereocenters. The van der Waals surface area contributed by atoms with Crippen molar-refractivity contribution in [2.45, 2.75) is 31.6 Å². The molecule has 1 amide bonds. The Balaban J connectivity index is 1.73. The number of thioether (sulfide) groups is 1. The van der Waals surface area contributed by atoms with Crippen LogP contribution in [0.15, 0.2) is 66.6 Å². The molecule has 3 aromatic rings. The van der Waals surface area contributed by atoms with Crippen LogP contribution >= 0.6 is 11.8 Å². The van der Waals surface area contributed by atoms with Gasteiger partial charge in [0.05, 0.1) is 11.8 Å². The van der Waals surface area contributed by atoms with E-state index in [-0.39, 0.29) is 23.5 Å². The molecule has 0 saturated carbocycles. The van der Waals surface area contributed by atoms with Crippen molar-refractivity contribution in [3.8, 4) is 11.4 Å². The maximum Gasteiger partial charge on any atom is 0.233 e. The van der Waals surface area contributed by atoms with E-state index in [1.807, 2.05) is 30.5 Å². The maximum absolute atomic E-state index is 13.2. The van der Waals surface area contributed by atoms with Gasteiger partial charge < -0.3 is 4.90 Å². The van der Waals surface area contributed by atoms with Crippen LogP contribution < -0.4 is 0 Å². The highest BCUT2D eigenvalue weighted by atomic mass is 32.2. The number of allylic oxidation sites excluding steroid dienone is 1. The Kier molecular flexibility index (Phi) is 7.35. The van der Waals surface area contributed by atoms with Gasteiger partial charge in [0.25, 0.3) is 0 Å². The van der Waals surface area contributed by atoms with Crippen molar-refractivity contribution >= 4 is 17.7 Å². The third-order valence-corrected chi connectivity index (χ3v) is 5.72. The molecule has 0 aliphatic heterocycles. The van der Waals surface area contributed by atoms with E-state index in [1.165, 1.54) is 23.9 Å². The summed E-state index contributed by atoms with van der Waals surface area (Å²) in [6.45, 7) is 8.78. The summed E-state index contributed by atoms with van der Waals surface area (Å²) < 4.78 is 15.1. The van der Waals surface area contributed by atoms with Gasteiger partial charge in [-0.1, -0.05) is 30.0 Å². The molecular weight excluding hydrogens is 401 g/mol. The van der Waals surface area contributed by atoms with Crippen LogP contribution in [0.3, 0.4) is 0 Å². The van der Waals surface area contributed by atoms with E-state index in [9.17, 15) is 9.18 Å². The highest BCUT2D eigenvalue weighted by Gasteiger charge is 2.22. The molecule has 0 N–H and O–H groups in total. The number of pyridine rings is 1. The monoisotopic (exact) mass is 425 g/mol. The van der Waals surface area contributed by atoms with Gasteiger partial charge in [-0.25, -0.2) is 4.39 Å². The zero-order chi connectivity index (χ0) is 21.5. The summed E-state index contributed by atoms with van der Waals surface area (Å²) in [6, 6.07) is 9.84. The molecule has 0 aliphatic carbocycles. The van der Waals surface area contributed by atoms with Gasteiger partial charge in [0, 0.05) is 31.0 Å². The molecule has 0 saturated heterocycles. The van der Waals surface area contributed by atoms with Gasteiger partial charge in [-0.05, 0) is 43.7 Å². The van der Waals surface area contributed by atoms with E-state index in [2.05, 4.69) is 21.8 Å². The minimum absolute atomic E-state index is 0.0158. The number of amides is 1. The molecule has 0 radical (unpaired) electrons. The topological polar surface area (TPSA) is 63.9 Å². The van der Waals surface area contributed by atoms with Crippen LogP contribution in [-0.4, -0.2) is 42.9 Å². The van der Waals surface area contributed by atoms with Gasteiger partial charge in [-0.15, -0.1) is 16.8 Å². The molecule has 8 heteroatoms. The Bertz CT molecular complexity index is 991. The second-order valence-electron chi connectivity index (χ2n) is 6.64. The average molecular weight is 426 g/mol. The standard InChI is InChI=1S/C22H24FN5OS/c1-4-14-28-21(18-10-12-24-13-11-18)25-26-22(28)30-15-20(29)27(5-2)16(3)17-6-8-19(23)9-7-17/h4,6-13,16H,1,5,14-15H2,2-3H3. The van der Waals surface area contributed by atoms with Crippen LogP contribution in [-0.2, 0) is 11.3 Å². The first-order valence-corrected chi connectivity index (χ1v) is 10.7. The van der Waals surface area contributed by atoms with Crippen LogP contribution in [0, 0.1) is 5.82 Å². The zero-order valence-corrected chi connectivity index (χ0v) is 17.8. The molecule has 1 atom stereocenters. The largest absolute Gasteiger partial charge is 0.335 e. The number of rotatable bonds is 9. The SMILES string of the molecule is C=CCn1c(SCC(=O)N(CC)C(C)c2ccc(F)cc2)nnc1-c1ccncc1. The Morgan fingerprint density at radius 3 is 2.57 bits per heavy atom. The zero-order valence-electron chi connectivity index (χ0n) is 17.0. The lowest BCUT2D eigenvalue weighted by molar-refractivity contribution is -0.130. The number of aromatic nitrogens is 4. The fourth-order valence-electron chi connectivity index (χ4n) is 3.20. The van der Waals surface area contributed by atoms with Crippen LogP contribution in [0.25, 0.3) is 11.4 Å². The van der Waals surface area contributed by atoms with Gasteiger partial charge in [0.1, 0.15) is 5.82 Å². The van der Waals surface area contributed by atoms with Crippen molar-refractivity contribution in [1.29, 1.82) is 0 Å². The van der Waals surface area contributed by atoms with Gasteiger partial charge in [-0.2, -0.15) is 0 Å². The molecule has 0 fully saturated rings. The van der Waals surface area contributed by atoms with Gasteiger partial charge in [0.2, 0.25) is 5.91 Å². The first kappa shape index (κ1) is 21.7. The third-order valence-electron chi connectivity index (χ3n) is 4.77. The molecule has 1 aromatic carbocycles. The predicted octanol–water partition coefficient (Wildman–Crippen LogP) is 4.37. The molecule has 0 aliphatic rings. The van der Waals surface area contributed by atoms with E-state index in [0.29, 0.717) is 24.1 Å². The quantitative estimate of drug-likeness (QED) is 0.376. The van der Waals surface area contributed by atoms with E-state index in [4.69, 9.17) is 0 Å². The van der Waals surface area contributed by atoms with Crippen LogP contribution in [0.4, 0.5) is 4.39 Å². The number of benzene rings is 1. The minimum Gasteiger partial charge on any atom is -0.335 e. The Labute approximate surface area is 179 Å². The average Bonchev–Trinajstić information content (AvgIpc) is 3.16. The molecule has 156 valence electrons. The predicted molar refractivity (Wildman–Crippen MR) is 116 cm³/mol. The Hall–Kier alpha value is -3.00. The first-order chi connectivity index (χ1) is 14.5. The number of hydrogen-bond donors (Lipinski definition) is 0. The van der Waals surface area contributed by atoms with Crippen molar-refractivity contribution in [3.05, 3.63) is 72.8 Å². The number of halogens is 1. The normalized spacial score (nSPS) is 11.8. The number of carbonyl (C=O) groups excluding carboxylic acids is 1. The summed E-state index contributed by atoms with van der Waals surface area (Å²) in [5.41, 5.74) is 1.80. The van der Waals surface area contributed by atoms with E-state index >= 15 is 0 Å². The maximum atomic E-state index is 13.2. The molecular formula is C22H24FN5OS. The molecule has 30 heavy (non-hydrogen) atoms. The summed E-state index contributed by atoms with van der Waals surface area (Å²) in [5, 5.41) is 9.22. The third kappa shape index (κ3) is 4.94. The highest BCUT2D eigenvalue weighted by molar-refractivity contribution is 7.99. The van der Waals surface area contributed by atoms with E-state index in [1.54, 1.807) is 35.5 Å². The second kappa shape index (κ2) is 10.2. The molecule has 0 bridgehead atoms. The Morgan fingerprint density at radius 1 is 1.23 bits per heavy atom. The lowest BCUT2D eigenvalue weighted by Crippen LogP contribution is -2.34. The fraction of sp³-hybridized carbons (Fsp3) is 0.273. The number of nitrogens with zero attached hydrogens (tertiary/aromatic N) is 5. The van der Waals surface area contributed by atoms with Crippen LogP contribution in [0.1, 0.15) is 25.5 Å².